The van der Waals surface area contributed by atoms with Gasteiger partial charge in [-0.2, -0.15) is 18.3 Å². The average Bonchev–Trinajstić information content (AvgIpc) is 2.82. The van der Waals surface area contributed by atoms with Crippen LogP contribution in [0.15, 0.2) is 47.6 Å². The first-order valence-corrected chi connectivity index (χ1v) is 10.4. The van der Waals surface area contributed by atoms with Gasteiger partial charge >= 0.3 is 12.1 Å². The lowest BCUT2D eigenvalue weighted by Crippen LogP contribution is -2.20. The van der Waals surface area contributed by atoms with Gasteiger partial charge in [0, 0.05) is 18.5 Å². The highest BCUT2D eigenvalue weighted by Gasteiger charge is 2.30. The predicted molar refractivity (Wildman–Crippen MR) is 120 cm³/mol. The summed E-state index contributed by atoms with van der Waals surface area (Å²) < 4.78 is 53.6. The first-order chi connectivity index (χ1) is 16.6. The van der Waals surface area contributed by atoms with Crippen LogP contribution in [0.3, 0.4) is 0 Å². The van der Waals surface area contributed by atoms with Crippen molar-refractivity contribution >= 4 is 29.7 Å². The van der Waals surface area contributed by atoms with Crippen molar-refractivity contribution in [3.63, 3.8) is 0 Å². The SMILES string of the molecule is CCOc1cc(C=NNC(=O)CCC(=O)Nc2cccc(C(F)(F)F)c2)ccc1OCC(=O)OC. The Morgan fingerprint density at radius 2 is 1.74 bits per heavy atom. The molecule has 0 aromatic heterocycles. The molecule has 0 heterocycles. The van der Waals surface area contributed by atoms with E-state index in [0.29, 0.717) is 23.7 Å². The van der Waals surface area contributed by atoms with E-state index in [4.69, 9.17) is 9.47 Å². The zero-order valence-electron chi connectivity index (χ0n) is 19.0. The molecule has 0 saturated heterocycles. The number of ether oxygens (including phenoxy) is 3. The molecule has 2 aromatic rings. The predicted octanol–water partition coefficient (Wildman–Crippen LogP) is 3.52. The summed E-state index contributed by atoms with van der Waals surface area (Å²) in [5, 5.41) is 6.13. The van der Waals surface area contributed by atoms with Crippen molar-refractivity contribution in [2.24, 2.45) is 5.10 Å². The fourth-order valence-corrected chi connectivity index (χ4v) is 2.65. The van der Waals surface area contributed by atoms with Gasteiger partial charge in [-0.3, -0.25) is 9.59 Å². The minimum Gasteiger partial charge on any atom is -0.490 e. The minimum atomic E-state index is -4.53. The molecule has 0 bridgehead atoms. The number of nitrogens with zero attached hydrogens (tertiary/aromatic N) is 1. The molecular formula is C23H24F3N3O6. The number of hydrogen-bond donors (Lipinski definition) is 2. The van der Waals surface area contributed by atoms with E-state index >= 15 is 0 Å². The molecule has 0 aliphatic carbocycles. The molecule has 0 fully saturated rings. The van der Waals surface area contributed by atoms with Gasteiger partial charge in [-0.15, -0.1) is 0 Å². The van der Waals surface area contributed by atoms with Crippen LogP contribution in [0.2, 0.25) is 0 Å². The highest BCUT2D eigenvalue weighted by atomic mass is 19.4. The summed E-state index contributed by atoms with van der Waals surface area (Å²) in [5.74, 6) is -1.05. The fraction of sp³-hybridized carbons (Fsp3) is 0.304. The van der Waals surface area contributed by atoms with Gasteiger partial charge in [0.05, 0.1) is 25.5 Å². The van der Waals surface area contributed by atoms with Crippen molar-refractivity contribution in [1.82, 2.24) is 5.43 Å². The standard InChI is InChI=1S/C23H24F3N3O6/c1-3-34-19-11-15(7-8-18(19)35-14-22(32)33-2)13-27-29-21(31)10-9-20(30)28-17-6-4-5-16(12-17)23(24,25)26/h4-8,11-13H,3,9-10,14H2,1-2H3,(H,28,30)(H,29,31). The Labute approximate surface area is 199 Å². The number of hydrazone groups is 1. The number of rotatable bonds is 11. The Morgan fingerprint density at radius 3 is 2.43 bits per heavy atom. The van der Waals surface area contributed by atoms with Gasteiger partial charge in [-0.25, -0.2) is 10.2 Å². The lowest BCUT2D eigenvalue weighted by atomic mass is 10.2. The molecule has 2 rings (SSSR count). The van der Waals surface area contributed by atoms with Crippen LogP contribution < -0.4 is 20.2 Å². The summed E-state index contributed by atoms with van der Waals surface area (Å²) in [6.07, 6.45) is -3.67. The van der Waals surface area contributed by atoms with Crippen molar-refractivity contribution in [3.05, 3.63) is 53.6 Å². The van der Waals surface area contributed by atoms with Gasteiger partial charge in [-0.1, -0.05) is 6.07 Å². The van der Waals surface area contributed by atoms with Crippen molar-refractivity contribution in [2.75, 3.05) is 25.6 Å². The summed E-state index contributed by atoms with van der Waals surface area (Å²) in [4.78, 5) is 35.1. The number of methoxy groups -OCH3 is 1. The number of alkyl halides is 3. The van der Waals surface area contributed by atoms with E-state index in [1.807, 2.05) is 0 Å². The van der Waals surface area contributed by atoms with Crippen LogP contribution in [0, 0.1) is 0 Å². The second-order valence-corrected chi connectivity index (χ2v) is 6.92. The fourth-order valence-electron chi connectivity index (χ4n) is 2.65. The van der Waals surface area contributed by atoms with Crippen LogP contribution >= 0.6 is 0 Å². The van der Waals surface area contributed by atoms with Crippen molar-refractivity contribution in [3.8, 4) is 11.5 Å². The van der Waals surface area contributed by atoms with Crippen LogP contribution in [-0.2, 0) is 25.3 Å². The molecule has 0 radical (unpaired) electrons. The molecule has 0 unspecified atom stereocenters. The van der Waals surface area contributed by atoms with E-state index in [0.717, 1.165) is 12.1 Å². The van der Waals surface area contributed by atoms with E-state index in [2.05, 4.69) is 20.6 Å². The number of halogens is 3. The Bertz CT molecular complexity index is 1070. The van der Waals surface area contributed by atoms with Crippen molar-refractivity contribution in [2.45, 2.75) is 25.9 Å². The first kappa shape index (κ1) is 27.2. The Hall–Kier alpha value is -4.09. The quantitative estimate of drug-likeness (QED) is 0.280. The molecule has 0 saturated carbocycles. The van der Waals surface area contributed by atoms with Crippen LogP contribution in [0.25, 0.3) is 0 Å². The largest absolute Gasteiger partial charge is 0.490 e. The number of nitrogens with one attached hydrogen (secondary N) is 2. The highest BCUT2D eigenvalue weighted by molar-refractivity contribution is 5.93. The third-order valence-corrected chi connectivity index (χ3v) is 4.30. The molecule has 0 aliphatic rings. The number of anilines is 1. The number of hydrogen-bond acceptors (Lipinski definition) is 7. The zero-order valence-corrected chi connectivity index (χ0v) is 19.0. The van der Waals surface area contributed by atoms with Crippen LogP contribution in [0.5, 0.6) is 11.5 Å². The van der Waals surface area contributed by atoms with E-state index in [1.54, 1.807) is 25.1 Å². The number of esters is 1. The molecule has 0 spiro atoms. The van der Waals surface area contributed by atoms with Crippen LogP contribution in [0.4, 0.5) is 18.9 Å². The molecule has 0 atom stereocenters. The summed E-state index contributed by atoms with van der Waals surface area (Å²) in [5.41, 5.74) is 1.91. The van der Waals surface area contributed by atoms with E-state index < -0.39 is 29.5 Å². The average molecular weight is 495 g/mol. The number of benzene rings is 2. The van der Waals surface area contributed by atoms with Gasteiger partial charge in [0.25, 0.3) is 0 Å². The zero-order chi connectivity index (χ0) is 25.8. The topological polar surface area (TPSA) is 115 Å². The van der Waals surface area contributed by atoms with Gasteiger partial charge in [0.2, 0.25) is 11.8 Å². The smallest absolute Gasteiger partial charge is 0.416 e. The maximum atomic E-state index is 12.7. The molecule has 0 aliphatic heterocycles. The third-order valence-electron chi connectivity index (χ3n) is 4.30. The van der Waals surface area contributed by atoms with Gasteiger partial charge < -0.3 is 19.5 Å². The monoisotopic (exact) mass is 495 g/mol. The number of carbonyl (C=O) groups is 3. The molecule has 188 valence electrons. The van der Waals surface area contributed by atoms with Crippen LogP contribution in [-0.4, -0.2) is 44.3 Å². The van der Waals surface area contributed by atoms with Gasteiger partial charge in [0.15, 0.2) is 18.1 Å². The Balaban J connectivity index is 1.85. The van der Waals surface area contributed by atoms with Crippen LogP contribution in [0.1, 0.15) is 30.9 Å². The van der Waals surface area contributed by atoms with Crippen molar-refractivity contribution in [1.29, 1.82) is 0 Å². The van der Waals surface area contributed by atoms with Gasteiger partial charge in [-0.05, 0) is 48.9 Å². The summed E-state index contributed by atoms with van der Waals surface area (Å²) in [7, 11) is 1.24. The molecule has 2 aromatic carbocycles. The molecular weight excluding hydrogens is 471 g/mol. The van der Waals surface area contributed by atoms with Gasteiger partial charge in [0.1, 0.15) is 0 Å². The van der Waals surface area contributed by atoms with E-state index in [1.165, 1.54) is 25.5 Å². The number of carbonyl (C=O) groups excluding carboxylic acids is 3. The van der Waals surface area contributed by atoms with E-state index in [-0.39, 0.29) is 25.1 Å². The minimum absolute atomic E-state index is 0.0210. The van der Waals surface area contributed by atoms with E-state index in [9.17, 15) is 27.6 Å². The molecule has 12 heteroatoms. The summed E-state index contributed by atoms with van der Waals surface area (Å²) >= 11 is 0. The second kappa shape index (κ2) is 13.0. The third kappa shape index (κ3) is 9.35. The Kier molecular flexibility index (Phi) is 10.1. The summed E-state index contributed by atoms with van der Waals surface area (Å²) in [6, 6.07) is 8.97. The maximum absolute atomic E-state index is 12.7. The highest BCUT2D eigenvalue weighted by Crippen LogP contribution is 2.31. The van der Waals surface area contributed by atoms with Crippen molar-refractivity contribution < 1.29 is 41.8 Å². The lowest BCUT2D eigenvalue weighted by molar-refractivity contribution is -0.143. The lowest BCUT2D eigenvalue weighted by Gasteiger charge is -2.11. The molecule has 35 heavy (non-hydrogen) atoms. The molecule has 2 amide bonds. The molecule has 9 nitrogen and oxygen atoms in total. The maximum Gasteiger partial charge on any atom is 0.416 e. The first-order valence-electron chi connectivity index (χ1n) is 10.4. The second-order valence-electron chi connectivity index (χ2n) is 6.92. The Morgan fingerprint density at radius 1 is 1.00 bits per heavy atom. The number of amides is 2. The molecule has 2 N–H and O–H groups in total. The summed E-state index contributed by atoms with van der Waals surface area (Å²) in [6.45, 7) is 1.82. The normalized spacial score (nSPS) is 11.1.